The molecule has 0 atom stereocenters. The van der Waals surface area contributed by atoms with E-state index in [1.165, 1.54) is 0 Å². The third kappa shape index (κ3) is 2.69. The van der Waals surface area contributed by atoms with Crippen molar-refractivity contribution in [2.75, 3.05) is 25.0 Å². The SMILES string of the molecule is CC1(OCC(=O)Nc2cccc3c2N=[Se]=N3)CNC1. The van der Waals surface area contributed by atoms with Crippen LogP contribution in [0.2, 0.25) is 0 Å². The number of amides is 1. The average molecular weight is 325 g/mol. The van der Waals surface area contributed by atoms with E-state index in [-0.39, 0.29) is 32.7 Å². The predicted octanol–water partition coefficient (Wildman–Crippen LogP) is 1.35. The Morgan fingerprint density at radius 3 is 3.11 bits per heavy atom. The van der Waals surface area contributed by atoms with Gasteiger partial charge in [0.15, 0.2) is 0 Å². The summed E-state index contributed by atoms with van der Waals surface area (Å²) in [6.07, 6.45) is 0. The van der Waals surface area contributed by atoms with Gasteiger partial charge in [-0.25, -0.2) is 0 Å². The molecule has 1 aromatic carbocycles. The Bertz CT molecular complexity index is 591. The second-order valence-electron chi connectivity index (χ2n) is 4.83. The summed E-state index contributed by atoms with van der Waals surface area (Å²) in [5.41, 5.74) is 2.14. The zero-order valence-electron chi connectivity index (χ0n) is 10.5. The molecule has 7 heteroatoms. The average Bonchev–Trinajstić information content (AvgIpc) is 2.83. The third-order valence-electron chi connectivity index (χ3n) is 3.11. The number of ether oxygens (including phenoxy) is 1. The van der Waals surface area contributed by atoms with Gasteiger partial charge in [0, 0.05) is 0 Å². The van der Waals surface area contributed by atoms with Crippen molar-refractivity contribution in [1.82, 2.24) is 5.32 Å². The summed E-state index contributed by atoms with van der Waals surface area (Å²) in [6.45, 7) is 3.63. The molecule has 0 aromatic heterocycles. The van der Waals surface area contributed by atoms with Gasteiger partial charge in [0.1, 0.15) is 0 Å². The summed E-state index contributed by atoms with van der Waals surface area (Å²) in [7, 11) is 0. The normalized spacial score (nSPS) is 18.4. The number of nitrogens with zero attached hydrogens (tertiary/aromatic N) is 2. The summed E-state index contributed by atoms with van der Waals surface area (Å²) in [4.78, 5) is 11.9. The van der Waals surface area contributed by atoms with Gasteiger partial charge in [-0.15, -0.1) is 0 Å². The standard InChI is InChI=1S/C12H14N4O2Se/c1-12(6-13-7-12)18-5-10(17)14-8-3-2-4-9-11(8)16-19-15-9/h2-4,13H,5-7H2,1H3,(H,14,17). The number of hydrogen-bond donors (Lipinski definition) is 2. The molecular formula is C12H14N4O2Se. The monoisotopic (exact) mass is 326 g/mol. The van der Waals surface area contributed by atoms with E-state index in [2.05, 4.69) is 18.6 Å². The molecule has 6 nitrogen and oxygen atoms in total. The topological polar surface area (TPSA) is 75.1 Å². The first-order valence-electron chi connectivity index (χ1n) is 6.02. The van der Waals surface area contributed by atoms with E-state index < -0.39 is 0 Å². The van der Waals surface area contributed by atoms with E-state index in [0.717, 1.165) is 24.5 Å². The summed E-state index contributed by atoms with van der Waals surface area (Å²) < 4.78 is 14.2. The molecule has 2 N–H and O–H groups in total. The number of rotatable bonds is 4. The number of hydrogen-bond acceptors (Lipinski definition) is 5. The second-order valence-corrected chi connectivity index (χ2v) is 5.94. The van der Waals surface area contributed by atoms with Crippen molar-refractivity contribution in [3.8, 4) is 0 Å². The number of nitrogens with one attached hydrogen (secondary N) is 2. The van der Waals surface area contributed by atoms with Gasteiger partial charge in [0.05, 0.1) is 0 Å². The summed E-state index contributed by atoms with van der Waals surface area (Å²) in [5, 5.41) is 5.96. The number of anilines is 1. The molecule has 0 spiro atoms. The van der Waals surface area contributed by atoms with Crippen molar-refractivity contribution in [3.63, 3.8) is 0 Å². The molecule has 19 heavy (non-hydrogen) atoms. The Labute approximate surface area is 116 Å². The van der Waals surface area contributed by atoms with Gasteiger partial charge >= 0.3 is 116 Å². The predicted molar refractivity (Wildman–Crippen MR) is 72.2 cm³/mol. The Morgan fingerprint density at radius 1 is 1.53 bits per heavy atom. The van der Waals surface area contributed by atoms with Crippen LogP contribution >= 0.6 is 0 Å². The molecule has 2 aliphatic rings. The fourth-order valence-corrected chi connectivity index (χ4v) is 3.07. The molecule has 1 amide bonds. The van der Waals surface area contributed by atoms with Crippen molar-refractivity contribution < 1.29 is 9.53 Å². The van der Waals surface area contributed by atoms with Gasteiger partial charge in [-0.3, -0.25) is 0 Å². The molecule has 0 bridgehead atoms. The summed E-state index contributed by atoms with van der Waals surface area (Å²) >= 11 is -0.0925. The number of benzene rings is 1. The zero-order chi connectivity index (χ0) is 13.3. The number of carbonyl (C=O) groups excluding carboxylic acids is 1. The van der Waals surface area contributed by atoms with Gasteiger partial charge in [-0.1, -0.05) is 0 Å². The van der Waals surface area contributed by atoms with Gasteiger partial charge in [0.25, 0.3) is 0 Å². The van der Waals surface area contributed by atoms with Crippen LogP contribution in [0.25, 0.3) is 0 Å². The maximum absolute atomic E-state index is 11.9. The van der Waals surface area contributed by atoms with E-state index >= 15 is 0 Å². The molecular weight excluding hydrogens is 311 g/mol. The van der Waals surface area contributed by atoms with E-state index in [9.17, 15) is 4.79 Å². The van der Waals surface area contributed by atoms with Crippen LogP contribution in [0.15, 0.2) is 26.1 Å². The van der Waals surface area contributed by atoms with E-state index in [1.807, 2.05) is 25.1 Å². The van der Waals surface area contributed by atoms with Crippen LogP contribution in [0.3, 0.4) is 0 Å². The van der Waals surface area contributed by atoms with Crippen molar-refractivity contribution >= 4 is 37.5 Å². The van der Waals surface area contributed by atoms with Gasteiger partial charge in [-0.2, -0.15) is 0 Å². The molecule has 0 unspecified atom stereocenters. The first-order chi connectivity index (χ1) is 9.16. The van der Waals surface area contributed by atoms with Gasteiger partial charge in [-0.05, 0) is 0 Å². The van der Waals surface area contributed by atoms with Crippen LogP contribution in [0.5, 0.6) is 0 Å². The van der Waals surface area contributed by atoms with Crippen molar-refractivity contribution in [2.24, 2.45) is 7.92 Å². The summed E-state index contributed by atoms with van der Waals surface area (Å²) in [6, 6.07) is 5.61. The third-order valence-corrected chi connectivity index (χ3v) is 4.25. The van der Waals surface area contributed by atoms with Crippen LogP contribution in [0, 0.1) is 0 Å². The molecule has 3 rings (SSSR count). The molecule has 100 valence electrons. The zero-order valence-corrected chi connectivity index (χ0v) is 12.2. The van der Waals surface area contributed by atoms with Crippen molar-refractivity contribution in [2.45, 2.75) is 12.5 Å². The molecule has 2 heterocycles. The summed E-state index contributed by atoms with van der Waals surface area (Å²) in [5.74, 6) is -0.156. The van der Waals surface area contributed by atoms with E-state index in [0.29, 0.717) is 5.69 Å². The molecule has 1 saturated heterocycles. The molecule has 0 radical (unpaired) electrons. The molecule has 0 saturated carbocycles. The second kappa shape index (κ2) is 5.01. The van der Waals surface area contributed by atoms with Crippen molar-refractivity contribution in [1.29, 1.82) is 0 Å². The first kappa shape index (κ1) is 12.7. The van der Waals surface area contributed by atoms with Gasteiger partial charge in [0.2, 0.25) is 0 Å². The Kier molecular flexibility index (Phi) is 3.36. The van der Waals surface area contributed by atoms with Crippen LogP contribution < -0.4 is 10.6 Å². The van der Waals surface area contributed by atoms with Crippen molar-refractivity contribution in [3.05, 3.63) is 18.2 Å². The Morgan fingerprint density at radius 2 is 2.37 bits per heavy atom. The van der Waals surface area contributed by atoms with E-state index in [4.69, 9.17) is 4.74 Å². The Hall–Kier alpha value is -1.27. The first-order valence-corrected chi connectivity index (χ1v) is 7.55. The molecule has 1 aromatic rings. The maximum atomic E-state index is 11.9. The van der Waals surface area contributed by atoms with Crippen LogP contribution in [-0.4, -0.2) is 45.8 Å². The van der Waals surface area contributed by atoms with Crippen LogP contribution in [0.4, 0.5) is 17.1 Å². The minimum atomic E-state index is -0.210. The number of carbonyl (C=O) groups is 1. The van der Waals surface area contributed by atoms with E-state index in [1.54, 1.807) is 0 Å². The fourth-order valence-electron chi connectivity index (χ4n) is 1.91. The minimum absolute atomic E-state index is 0.0597. The number of fused-ring (bicyclic) bond motifs is 1. The van der Waals surface area contributed by atoms with Crippen LogP contribution in [-0.2, 0) is 9.53 Å². The molecule has 2 aliphatic heterocycles. The molecule has 0 aliphatic carbocycles. The molecule has 1 fully saturated rings. The Balaban J connectivity index is 1.61. The fraction of sp³-hybridized carbons (Fsp3) is 0.417. The quantitative estimate of drug-likeness (QED) is 0.834. The van der Waals surface area contributed by atoms with Crippen LogP contribution in [0.1, 0.15) is 6.92 Å². The van der Waals surface area contributed by atoms with Gasteiger partial charge < -0.3 is 0 Å².